The normalized spacial score (nSPS) is 14.1. The Kier molecular flexibility index (Phi) is 11.6. The molecule has 0 rings (SSSR count). The number of unbranched alkanes of at least 4 members (excludes halogenated alkanes) is 2. The van der Waals surface area contributed by atoms with E-state index in [2.05, 4.69) is 33.1 Å². The summed E-state index contributed by atoms with van der Waals surface area (Å²) in [6.07, 6.45) is 15.5. The molecule has 0 aliphatic rings. The predicted molar refractivity (Wildman–Crippen MR) is 79.3 cm³/mol. The molecule has 0 N–H and O–H groups in total. The molecule has 0 heterocycles. The average Bonchev–Trinajstić information content (AvgIpc) is 2.32. The Balaban J connectivity index is 3.45. The molecule has 1 heteroatoms. The lowest BCUT2D eigenvalue weighted by Crippen LogP contribution is -1.99. The van der Waals surface area contributed by atoms with E-state index in [1.165, 1.54) is 51.4 Å². The molecule has 1 unspecified atom stereocenters. The predicted octanol–water partition coefficient (Wildman–Crippen LogP) is 5.82. The van der Waals surface area contributed by atoms with Crippen LogP contribution in [0.25, 0.3) is 0 Å². The minimum Gasteiger partial charge on any atom is -0.162 e. The molecule has 0 aliphatic heterocycles. The highest BCUT2D eigenvalue weighted by atomic mass is 32.2. The van der Waals surface area contributed by atoms with Crippen molar-refractivity contribution in [3.05, 3.63) is 11.6 Å². The number of hydrogen-bond acceptors (Lipinski definition) is 1. The fraction of sp³-hybridized carbons (Fsp3) is 0.867. The van der Waals surface area contributed by atoms with Crippen LogP contribution >= 0.6 is 11.8 Å². The number of allylic oxidation sites excluding steroid dienone is 2. The molecule has 0 aromatic heterocycles. The third-order valence-corrected chi connectivity index (χ3v) is 4.53. The summed E-state index contributed by atoms with van der Waals surface area (Å²) in [7, 11) is 0. The van der Waals surface area contributed by atoms with Crippen molar-refractivity contribution >= 4 is 11.8 Å². The summed E-state index contributed by atoms with van der Waals surface area (Å²) in [6.45, 7) is 6.76. The van der Waals surface area contributed by atoms with Crippen LogP contribution in [0.2, 0.25) is 0 Å². The van der Waals surface area contributed by atoms with Crippen LogP contribution in [0.3, 0.4) is 0 Å². The minimum absolute atomic E-state index is 0.900. The highest BCUT2D eigenvalue weighted by Crippen LogP contribution is 2.20. The van der Waals surface area contributed by atoms with Gasteiger partial charge in [0.25, 0.3) is 0 Å². The molecule has 0 amide bonds. The van der Waals surface area contributed by atoms with E-state index in [1.54, 1.807) is 5.57 Å². The van der Waals surface area contributed by atoms with E-state index in [1.807, 2.05) is 11.8 Å². The Labute approximate surface area is 107 Å². The zero-order valence-corrected chi connectivity index (χ0v) is 12.5. The first-order valence-corrected chi connectivity index (χ1v) is 8.24. The Hall–Kier alpha value is 0.0900. The van der Waals surface area contributed by atoms with E-state index < -0.39 is 0 Å². The van der Waals surface area contributed by atoms with Gasteiger partial charge in [0, 0.05) is 5.25 Å². The molecule has 0 aliphatic carbocycles. The van der Waals surface area contributed by atoms with Gasteiger partial charge < -0.3 is 0 Å². The topological polar surface area (TPSA) is 0 Å². The van der Waals surface area contributed by atoms with E-state index in [9.17, 15) is 0 Å². The highest BCUT2D eigenvalue weighted by Gasteiger charge is 2.03. The van der Waals surface area contributed by atoms with E-state index in [0.29, 0.717) is 0 Å². The van der Waals surface area contributed by atoms with E-state index >= 15 is 0 Å². The molecular weight excluding hydrogens is 212 g/mol. The zero-order chi connectivity index (χ0) is 12.2. The molecule has 1 atom stereocenters. The molecule has 0 saturated carbocycles. The van der Waals surface area contributed by atoms with Gasteiger partial charge in [-0.05, 0) is 45.3 Å². The van der Waals surface area contributed by atoms with Crippen LogP contribution in [0.1, 0.15) is 72.1 Å². The Morgan fingerprint density at radius 1 is 1.12 bits per heavy atom. The van der Waals surface area contributed by atoms with Gasteiger partial charge in [0.2, 0.25) is 0 Å². The molecule has 0 nitrogen and oxygen atoms in total. The molecule has 16 heavy (non-hydrogen) atoms. The summed E-state index contributed by atoms with van der Waals surface area (Å²) in [5, 5.41) is 0.900. The summed E-state index contributed by atoms with van der Waals surface area (Å²) in [5.41, 5.74) is 1.67. The Morgan fingerprint density at radius 3 is 2.38 bits per heavy atom. The van der Waals surface area contributed by atoms with Crippen molar-refractivity contribution in [1.82, 2.24) is 0 Å². The SMILES string of the molecule is CC=C(CCC)CCCCCC(CC)SC. The van der Waals surface area contributed by atoms with Gasteiger partial charge in [0.05, 0.1) is 0 Å². The van der Waals surface area contributed by atoms with E-state index in [-0.39, 0.29) is 0 Å². The zero-order valence-electron chi connectivity index (χ0n) is 11.7. The molecule has 0 bridgehead atoms. The lowest BCUT2D eigenvalue weighted by molar-refractivity contribution is 0.610. The monoisotopic (exact) mass is 242 g/mol. The molecule has 0 saturated heterocycles. The molecule has 0 radical (unpaired) electrons. The maximum Gasteiger partial charge on any atom is 0.00416 e. The lowest BCUT2D eigenvalue weighted by Gasteiger charge is -2.11. The van der Waals surface area contributed by atoms with Gasteiger partial charge in [0.1, 0.15) is 0 Å². The number of hydrogen-bond donors (Lipinski definition) is 0. The van der Waals surface area contributed by atoms with Gasteiger partial charge >= 0.3 is 0 Å². The third-order valence-electron chi connectivity index (χ3n) is 3.29. The van der Waals surface area contributed by atoms with Crippen LogP contribution in [-0.2, 0) is 0 Å². The van der Waals surface area contributed by atoms with Gasteiger partial charge in [-0.15, -0.1) is 0 Å². The second-order valence-electron chi connectivity index (χ2n) is 4.56. The molecule has 0 fully saturated rings. The van der Waals surface area contributed by atoms with E-state index in [0.717, 1.165) is 5.25 Å². The van der Waals surface area contributed by atoms with Crippen LogP contribution in [0.15, 0.2) is 11.6 Å². The largest absolute Gasteiger partial charge is 0.162 e. The van der Waals surface area contributed by atoms with Crippen molar-refractivity contribution < 1.29 is 0 Å². The van der Waals surface area contributed by atoms with Crippen LogP contribution in [0.4, 0.5) is 0 Å². The van der Waals surface area contributed by atoms with Crippen LogP contribution in [-0.4, -0.2) is 11.5 Å². The summed E-state index contributed by atoms with van der Waals surface area (Å²) in [5.74, 6) is 0. The summed E-state index contributed by atoms with van der Waals surface area (Å²) in [4.78, 5) is 0. The first kappa shape index (κ1) is 16.1. The lowest BCUT2D eigenvalue weighted by atomic mass is 10.0. The second kappa shape index (κ2) is 11.6. The fourth-order valence-corrected chi connectivity index (χ4v) is 2.86. The molecule has 0 aromatic carbocycles. The molecule has 96 valence electrons. The second-order valence-corrected chi connectivity index (χ2v) is 5.70. The van der Waals surface area contributed by atoms with Crippen molar-refractivity contribution in [3.8, 4) is 0 Å². The Morgan fingerprint density at radius 2 is 1.88 bits per heavy atom. The van der Waals surface area contributed by atoms with Gasteiger partial charge in [-0.2, -0.15) is 11.8 Å². The molecule has 0 aromatic rings. The fourth-order valence-electron chi connectivity index (χ4n) is 2.12. The summed E-state index contributed by atoms with van der Waals surface area (Å²) >= 11 is 2.04. The van der Waals surface area contributed by atoms with Crippen molar-refractivity contribution in [2.24, 2.45) is 0 Å². The van der Waals surface area contributed by atoms with Crippen LogP contribution < -0.4 is 0 Å². The standard InChI is InChI=1S/C15H30S/c1-5-11-14(6-2)12-9-8-10-13-15(7-3)16-4/h6,15H,5,7-13H2,1-4H3. The van der Waals surface area contributed by atoms with Gasteiger partial charge in [-0.3, -0.25) is 0 Å². The molecular formula is C15H30S. The first-order valence-electron chi connectivity index (χ1n) is 6.95. The molecule has 0 spiro atoms. The highest BCUT2D eigenvalue weighted by molar-refractivity contribution is 7.99. The van der Waals surface area contributed by atoms with Crippen molar-refractivity contribution in [3.63, 3.8) is 0 Å². The quantitative estimate of drug-likeness (QED) is 0.343. The number of thioether (sulfide) groups is 1. The van der Waals surface area contributed by atoms with Gasteiger partial charge in [-0.25, -0.2) is 0 Å². The van der Waals surface area contributed by atoms with Gasteiger partial charge in [-0.1, -0.05) is 44.8 Å². The third kappa shape index (κ3) is 8.27. The van der Waals surface area contributed by atoms with Crippen molar-refractivity contribution in [2.45, 2.75) is 77.4 Å². The maximum absolute atomic E-state index is 2.32. The summed E-state index contributed by atoms with van der Waals surface area (Å²) in [6, 6.07) is 0. The van der Waals surface area contributed by atoms with Crippen molar-refractivity contribution in [1.29, 1.82) is 0 Å². The van der Waals surface area contributed by atoms with Crippen LogP contribution in [0.5, 0.6) is 0 Å². The van der Waals surface area contributed by atoms with Gasteiger partial charge in [0.15, 0.2) is 0 Å². The van der Waals surface area contributed by atoms with E-state index in [4.69, 9.17) is 0 Å². The van der Waals surface area contributed by atoms with Crippen molar-refractivity contribution in [2.75, 3.05) is 6.26 Å². The first-order chi connectivity index (χ1) is 7.78. The summed E-state index contributed by atoms with van der Waals surface area (Å²) < 4.78 is 0. The smallest absolute Gasteiger partial charge is 0.00416 e. The Bertz CT molecular complexity index is 168. The minimum atomic E-state index is 0.900. The van der Waals surface area contributed by atoms with Crippen LogP contribution in [0, 0.1) is 0 Å². The number of rotatable bonds is 10. The maximum atomic E-state index is 2.32. The average molecular weight is 242 g/mol.